The number of halogens is 9. The van der Waals surface area contributed by atoms with Crippen LogP contribution in [-0.4, -0.2) is 105 Å². The quantitative estimate of drug-likeness (QED) is 0.0478. The molecule has 114 heavy (non-hydrogen) atoms. The fourth-order valence-corrected chi connectivity index (χ4v) is 14.7. The standard InChI is InChI=1S/C24H27F3N2O2.C17H23NO3.C16H21NO3.C15H19NO3.C8H5F6N.CH4O.6CH4/c1-6-23(22(31)28-19-11-14(2)10-18(12-19)24(25,26)27)13-29(21(30)17(23)5)20-15(3)8-7-9-16(20)4;1-6-17(16(20)21-5)10-18(15(19)13(17)4)14-11(2)8-7-9-12(14)3;1-5-16(15(19)20-4)9-13(18)17(10-16)14-11(2)7-6-8-12(14)3;1-4-15(14(18)19)8-12(17)16(9-15)13-10(2)6-5-7-11(13)3;9-7(10,11)4-1-5(8(12,13)14)3-6(15)2-4;1-2;;;;;;/h7-12,17H,6,13H2,1-5H3,(H,28,31);7-9,13H,6,10H2,1-5H3;6-8H,5,9-10H2,1-4H3;5-7H,4,8-9H2,1-3H3,(H,18,19);1-3H,15H2;2H,1H3;6*1H4/t17-,23-;13?,17-;16-;15-;;;;;;;;/m1100......../s1. The molecule has 27 heteroatoms. The highest BCUT2D eigenvalue weighted by molar-refractivity contribution is 6.08. The lowest BCUT2D eigenvalue weighted by atomic mass is 9.75. The van der Waals surface area contributed by atoms with Crippen LogP contribution in [0.15, 0.2) is 109 Å². The number of ether oxygens (including phenoxy) is 2. The summed E-state index contributed by atoms with van der Waals surface area (Å²) >= 11 is 0. The fraction of sp³-hybridized carbons (Fsp3) is 0.494. The summed E-state index contributed by atoms with van der Waals surface area (Å²) in [5.41, 5.74) is 9.35. The molecule has 1 unspecified atom stereocenters. The molecule has 4 saturated heterocycles. The Hall–Kier alpha value is -9.79. The van der Waals surface area contributed by atoms with Gasteiger partial charge in [-0.15, -0.1) is 0 Å². The first-order chi connectivity index (χ1) is 50.2. The molecule has 6 atom stereocenters. The predicted octanol–water partition coefficient (Wildman–Crippen LogP) is 20.4. The number of carbonyl (C=O) groups is 8. The van der Waals surface area contributed by atoms with Crippen molar-refractivity contribution in [3.63, 3.8) is 0 Å². The number of esters is 2. The number of nitrogens with zero attached hydrogens (tertiary/aromatic N) is 4. The van der Waals surface area contributed by atoms with Crippen molar-refractivity contribution >= 4 is 81.6 Å². The lowest BCUT2D eigenvalue weighted by molar-refractivity contribution is -0.155. The van der Waals surface area contributed by atoms with Crippen molar-refractivity contribution in [2.24, 2.45) is 33.5 Å². The number of aliphatic carboxylic acids is 1. The second-order valence-corrected chi connectivity index (χ2v) is 28.0. The average molecular weight is 1620 g/mol. The molecule has 4 fully saturated rings. The van der Waals surface area contributed by atoms with E-state index in [-0.39, 0.29) is 124 Å². The van der Waals surface area contributed by atoms with Crippen molar-refractivity contribution in [3.05, 3.63) is 176 Å². The number of para-hydroxylation sites is 4. The fourth-order valence-electron chi connectivity index (χ4n) is 14.7. The van der Waals surface area contributed by atoms with E-state index in [1.54, 1.807) is 33.4 Å². The van der Waals surface area contributed by atoms with E-state index in [4.69, 9.17) is 20.3 Å². The molecule has 0 bridgehead atoms. The highest BCUT2D eigenvalue weighted by atomic mass is 19.4. The first-order valence-corrected chi connectivity index (χ1v) is 35.1. The molecule has 0 aromatic heterocycles. The number of hydrogen-bond donors (Lipinski definition) is 4. The van der Waals surface area contributed by atoms with Gasteiger partial charge >= 0.3 is 36.4 Å². The Kier molecular flexibility index (Phi) is 39.6. The number of hydrogen-bond acceptors (Lipinski definition) is 12. The number of amides is 5. The Balaban J connectivity index is 0. The van der Waals surface area contributed by atoms with Gasteiger partial charge in [0.1, 0.15) is 0 Å². The van der Waals surface area contributed by atoms with Crippen LogP contribution in [-0.2, 0) is 66.4 Å². The second kappa shape index (κ2) is 42.5. The normalized spacial score (nSPS) is 20.0. The van der Waals surface area contributed by atoms with Gasteiger partial charge in [0.05, 0.1) is 64.4 Å². The minimum Gasteiger partial charge on any atom is -0.481 e. The molecular formula is C87H123F9N6O12. The number of carboxylic acid groups (broad SMARTS) is 1. The Morgan fingerprint density at radius 2 is 0.746 bits per heavy atom. The van der Waals surface area contributed by atoms with E-state index in [0.29, 0.717) is 56.5 Å². The predicted molar refractivity (Wildman–Crippen MR) is 437 cm³/mol. The molecule has 0 aliphatic carbocycles. The first-order valence-electron chi connectivity index (χ1n) is 35.1. The molecule has 4 heterocycles. The first kappa shape index (κ1) is 106. The summed E-state index contributed by atoms with van der Waals surface area (Å²) in [4.78, 5) is 106. The molecule has 18 nitrogen and oxygen atoms in total. The van der Waals surface area contributed by atoms with E-state index < -0.39 is 80.4 Å². The number of benzene rings is 6. The van der Waals surface area contributed by atoms with E-state index in [2.05, 4.69) is 5.32 Å². The van der Waals surface area contributed by atoms with Crippen LogP contribution in [0.1, 0.15) is 191 Å². The highest BCUT2D eigenvalue weighted by Crippen LogP contribution is 2.48. The number of nitrogens with one attached hydrogen (secondary N) is 1. The van der Waals surface area contributed by atoms with E-state index in [9.17, 15) is 83.0 Å². The van der Waals surface area contributed by atoms with Crippen LogP contribution in [0.4, 0.5) is 73.6 Å². The number of rotatable bonds is 13. The van der Waals surface area contributed by atoms with E-state index >= 15 is 0 Å². The minimum atomic E-state index is -4.84. The van der Waals surface area contributed by atoms with Crippen molar-refractivity contribution in [1.82, 2.24) is 0 Å². The zero-order chi connectivity index (χ0) is 81.9. The summed E-state index contributed by atoms with van der Waals surface area (Å²) in [5, 5.41) is 19.1. The van der Waals surface area contributed by atoms with E-state index in [0.717, 1.165) is 86.5 Å². The van der Waals surface area contributed by atoms with Crippen LogP contribution in [0, 0.1) is 95.8 Å². The van der Waals surface area contributed by atoms with Crippen LogP contribution in [0.5, 0.6) is 0 Å². The molecule has 0 saturated carbocycles. The molecule has 10 rings (SSSR count). The van der Waals surface area contributed by atoms with Crippen LogP contribution in [0.2, 0.25) is 0 Å². The lowest BCUT2D eigenvalue weighted by Crippen LogP contribution is -2.42. The van der Waals surface area contributed by atoms with Gasteiger partial charge in [0, 0.05) is 80.3 Å². The third-order valence-electron chi connectivity index (χ3n) is 21.2. The number of aryl methyl sites for hydroxylation is 9. The smallest absolute Gasteiger partial charge is 0.416 e. The van der Waals surface area contributed by atoms with Crippen LogP contribution >= 0.6 is 0 Å². The van der Waals surface area contributed by atoms with Gasteiger partial charge in [0.25, 0.3) is 0 Å². The van der Waals surface area contributed by atoms with Gasteiger partial charge in [0.15, 0.2) is 0 Å². The van der Waals surface area contributed by atoms with Crippen molar-refractivity contribution < 1.29 is 97.6 Å². The van der Waals surface area contributed by atoms with E-state index in [1.165, 1.54) is 20.3 Å². The molecule has 6 aromatic rings. The number of carboxylic acids is 1. The third-order valence-corrected chi connectivity index (χ3v) is 21.2. The summed E-state index contributed by atoms with van der Waals surface area (Å²) in [6, 6.07) is 27.9. The molecule has 5 amide bonds. The van der Waals surface area contributed by atoms with Gasteiger partial charge < -0.3 is 50.3 Å². The van der Waals surface area contributed by atoms with Crippen molar-refractivity contribution in [3.8, 4) is 0 Å². The number of alkyl halides is 9. The van der Waals surface area contributed by atoms with Crippen molar-refractivity contribution in [2.45, 2.75) is 205 Å². The topological polar surface area (TPSA) is 246 Å². The number of methoxy groups -OCH3 is 2. The Labute approximate surface area is 669 Å². The molecule has 0 spiro atoms. The summed E-state index contributed by atoms with van der Waals surface area (Å²) < 4.78 is 122. The van der Waals surface area contributed by atoms with Gasteiger partial charge in [-0.2, -0.15) is 39.5 Å². The number of aliphatic hydroxyl groups is 1. The maximum atomic E-state index is 13.4. The summed E-state index contributed by atoms with van der Waals surface area (Å²) in [6.07, 6.45) is -11.8. The lowest BCUT2D eigenvalue weighted by Gasteiger charge is -2.30. The number of anilines is 6. The van der Waals surface area contributed by atoms with Crippen LogP contribution in [0.3, 0.4) is 0 Å². The van der Waals surface area contributed by atoms with Gasteiger partial charge in [-0.1, -0.05) is 159 Å². The Bertz CT molecular complexity index is 4200. The number of carbonyl (C=O) groups excluding carboxylic acids is 7. The van der Waals surface area contributed by atoms with Gasteiger partial charge in [-0.05, 0) is 174 Å². The summed E-state index contributed by atoms with van der Waals surface area (Å²) in [7, 11) is 3.77. The molecule has 4 aliphatic rings. The SMILES string of the molecule is C.C.C.C.C.C.CC[C@@]1(C(=O)Nc2cc(C)cc(C(F)(F)F)c2)CN(c2c(C)cccc2C)C(=O)[C@H]1C.CC[C@@]1(C(=O)OC)CN(c2c(C)cccc2C)C(=O)C1C.CC[C@]1(C(=O)O)CC(=O)N(c2c(C)cccc2C)C1.CC[C@]1(C(=O)OC)CC(=O)N(c2c(C)cccc2C)C1.CO.Nc1cc(C(F)(F)F)cc(C(F)(F)F)c1. The second-order valence-electron chi connectivity index (χ2n) is 28.0. The maximum Gasteiger partial charge on any atom is 0.416 e. The average Bonchev–Trinajstić information content (AvgIpc) is 1.60. The molecular weight excluding hydrogens is 1490 g/mol. The maximum absolute atomic E-state index is 13.4. The van der Waals surface area contributed by atoms with Crippen LogP contribution in [0.25, 0.3) is 0 Å². The largest absolute Gasteiger partial charge is 0.481 e. The molecule has 0 radical (unpaired) electrons. The number of nitrogen functional groups attached to an aromatic ring is 1. The van der Waals surface area contributed by atoms with E-state index in [1.807, 2.05) is 163 Å². The van der Waals surface area contributed by atoms with Crippen LogP contribution < -0.4 is 30.7 Å². The third kappa shape index (κ3) is 22.8. The number of nitrogens with two attached hydrogens (primary N) is 1. The molecule has 5 N–H and O–H groups in total. The molecule has 636 valence electrons. The Morgan fingerprint density at radius 3 is 1.04 bits per heavy atom. The summed E-state index contributed by atoms with van der Waals surface area (Å²) in [5.74, 6) is -3.13. The monoisotopic (exact) mass is 1610 g/mol. The summed E-state index contributed by atoms with van der Waals surface area (Å²) in [6.45, 7) is 29.5. The van der Waals surface area contributed by atoms with Gasteiger partial charge in [-0.25, -0.2) is 0 Å². The minimum absolute atomic E-state index is 0. The molecule has 6 aromatic carbocycles. The van der Waals surface area contributed by atoms with Gasteiger partial charge in [0.2, 0.25) is 29.5 Å². The highest BCUT2D eigenvalue weighted by Gasteiger charge is 2.57. The van der Waals surface area contributed by atoms with Gasteiger partial charge in [-0.3, -0.25) is 38.4 Å². The zero-order valence-electron chi connectivity index (χ0n) is 64.4. The molecule has 4 aliphatic heterocycles. The van der Waals surface area contributed by atoms with Crippen molar-refractivity contribution in [2.75, 3.05) is 78.2 Å². The number of aliphatic hydroxyl groups excluding tert-OH is 1. The Morgan fingerprint density at radius 1 is 0.447 bits per heavy atom. The zero-order valence-corrected chi connectivity index (χ0v) is 64.4. The van der Waals surface area contributed by atoms with Crippen molar-refractivity contribution in [1.29, 1.82) is 0 Å².